The molecule has 0 spiro atoms. The van der Waals surface area contributed by atoms with E-state index in [0.717, 1.165) is 11.3 Å². The molecule has 0 fully saturated rings. The Balaban J connectivity index is 1.56. The van der Waals surface area contributed by atoms with Crippen molar-refractivity contribution in [2.45, 2.75) is 17.9 Å². The maximum absolute atomic E-state index is 11.8. The zero-order chi connectivity index (χ0) is 17.2. The highest BCUT2D eigenvalue weighted by Gasteiger charge is 2.08. The average molecular weight is 362 g/mol. The number of benzene rings is 2. The summed E-state index contributed by atoms with van der Waals surface area (Å²) >= 11 is 3.19. The molecule has 0 aliphatic heterocycles. The number of hydrogen-bond acceptors (Lipinski definition) is 4. The second kappa shape index (κ2) is 10.4. The van der Waals surface area contributed by atoms with Crippen molar-refractivity contribution in [3.8, 4) is 0 Å². The van der Waals surface area contributed by atoms with E-state index in [1.807, 2.05) is 30.3 Å². The molecule has 0 saturated carbocycles. The van der Waals surface area contributed by atoms with Gasteiger partial charge in [-0.15, -0.1) is 23.5 Å². The van der Waals surface area contributed by atoms with Crippen molar-refractivity contribution in [3.63, 3.8) is 0 Å². The summed E-state index contributed by atoms with van der Waals surface area (Å²) in [7, 11) is 0. The molecule has 1 atom stereocenters. The Hall–Kier alpha value is -1.43. The molecule has 1 unspecified atom stereocenters. The predicted molar refractivity (Wildman–Crippen MR) is 104 cm³/mol. The molecule has 0 aliphatic rings. The van der Waals surface area contributed by atoms with Gasteiger partial charge in [-0.25, -0.2) is 0 Å². The highest BCUT2D eigenvalue weighted by molar-refractivity contribution is 8.00. The molecule has 128 valence electrons. The number of aryl methyl sites for hydroxylation is 1. The minimum atomic E-state index is -0.527. The highest BCUT2D eigenvalue weighted by Crippen LogP contribution is 2.18. The van der Waals surface area contributed by atoms with Crippen LogP contribution in [0.25, 0.3) is 0 Å². The van der Waals surface area contributed by atoms with Crippen LogP contribution in [0.2, 0.25) is 0 Å². The molecule has 5 heteroatoms. The van der Waals surface area contributed by atoms with E-state index in [1.165, 1.54) is 22.2 Å². The van der Waals surface area contributed by atoms with E-state index in [4.69, 9.17) is 0 Å². The largest absolute Gasteiger partial charge is 0.388 e. The van der Waals surface area contributed by atoms with Gasteiger partial charge in [0.1, 0.15) is 0 Å². The summed E-state index contributed by atoms with van der Waals surface area (Å²) in [5.41, 5.74) is 2.14. The van der Waals surface area contributed by atoms with Gasteiger partial charge in [0.2, 0.25) is 5.91 Å². The zero-order valence-corrected chi connectivity index (χ0v) is 15.4. The summed E-state index contributed by atoms with van der Waals surface area (Å²) in [5, 5.41) is 13.0. The molecule has 0 bridgehead atoms. The standard InChI is InChI=1S/C19H23NO2S2/c1-15-7-9-17(10-8-15)24-12-11-20-19(22)14-23-13-18(21)16-5-3-2-4-6-16/h2-10,18,21H,11-14H2,1H3,(H,20,22). The molecule has 2 aromatic rings. The number of nitrogens with one attached hydrogen (secondary N) is 1. The maximum Gasteiger partial charge on any atom is 0.230 e. The fourth-order valence-corrected chi connectivity index (χ4v) is 3.67. The Morgan fingerprint density at radius 1 is 1.12 bits per heavy atom. The first-order valence-electron chi connectivity index (χ1n) is 7.92. The van der Waals surface area contributed by atoms with Crippen LogP contribution in [-0.4, -0.2) is 34.8 Å². The van der Waals surface area contributed by atoms with Crippen LogP contribution in [0.15, 0.2) is 59.5 Å². The highest BCUT2D eigenvalue weighted by atomic mass is 32.2. The second-order valence-electron chi connectivity index (χ2n) is 5.45. The van der Waals surface area contributed by atoms with Crippen LogP contribution in [0, 0.1) is 6.92 Å². The minimum absolute atomic E-state index is 0.0183. The summed E-state index contributed by atoms with van der Waals surface area (Å²) in [6.45, 7) is 2.72. The second-order valence-corrected chi connectivity index (χ2v) is 7.65. The van der Waals surface area contributed by atoms with Crippen LogP contribution < -0.4 is 5.32 Å². The Morgan fingerprint density at radius 3 is 2.54 bits per heavy atom. The van der Waals surface area contributed by atoms with E-state index in [-0.39, 0.29) is 5.91 Å². The molecule has 0 radical (unpaired) electrons. The predicted octanol–water partition coefficient (Wildman–Crippen LogP) is 3.67. The first-order chi connectivity index (χ1) is 11.6. The molecule has 3 nitrogen and oxygen atoms in total. The molecule has 2 N–H and O–H groups in total. The Labute approximate surface area is 152 Å². The van der Waals surface area contributed by atoms with Crippen molar-refractivity contribution in [2.75, 3.05) is 23.8 Å². The van der Waals surface area contributed by atoms with Crippen LogP contribution in [0.5, 0.6) is 0 Å². The first-order valence-corrected chi connectivity index (χ1v) is 10.1. The number of aliphatic hydroxyl groups excluding tert-OH is 1. The molecule has 24 heavy (non-hydrogen) atoms. The minimum Gasteiger partial charge on any atom is -0.388 e. The molecular weight excluding hydrogens is 338 g/mol. The fourth-order valence-electron chi connectivity index (χ4n) is 2.08. The maximum atomic E-state index is 11.8. The number of hydrogen-bond donors (Lipinski definition) is 2. The van der Waals surface area contributed by atoms with Crippen molar-refractivity contribution in [3.05, 3.63) is 65.7 Å². The summed E-state index contributed by atoms with van der Waals surface area (Å²) in [6.07, 6.45) is -0.527. The lowest BCUT2D eigenvalue weighted by molar-refractivity contribution is -0.118. The molecule has 2 rings (SSSR count). The van der Waals surface area contributed by atoms with Crippen LogP contribution >= 0.6 is 23.5 Å². The van der Waals surface area contributed by atoms with Crippen molar-refractivity contribution in [1.82, 2.24) is 5.32 Å². The van der Waals surface area contributed by atoms with Gasteiger partial charge in [0.15, 0.2) is 0 Å². The van der Waals surface area contributed by atoms with Crippen molar-refractivity contribution in [1.29, 1.82) is 0 Å². The lowest BCUT2D eigenvalue weighted by Gasteiger charge is -2.10. The van der Waals surface area contributed by atoms with Crippen molar-refractivity contribution < 1.29 is 9.90 Å². The van der Waals surface area contributed by atoms with Crippen LogP contribution in [0.4, 0.5) is 0 Å². The summed E-state index contributed by atoms with van der Waals surface area (Å²) in [6, 6.07) is 17.9. The SMILES string of the molecule is Cc1ccc(SCCNC(=O)CSCC(O)c2ccccc2)cc1. The third-order valence-electron chi connectivity index (χ3n) is 3.41. The van der Waals surface area contributed by atoms with E-state index >= 15 is 0 Å². The average Bonchev–Trinajstić information content (AvgIpc) is 2.61. The van der Waals surface area contributed by atoms with E-state index in [0.29, 0.717) is 18.1 Å². The van der Waals surface area contributed by atoms with Crippen LogP contribution in [0.3, 0.4) is 0 Å². The van der Waals surface area contributed by atoms with Crippen LogP contribution in [0.1, 0.15) is 17.2 Å². The van der Waals surface area contributed by atoms with E-state index in [9.17, 15) is 9.90 Å². The Bertz CT molecular complexity index is 617. The Morgan fingerprint density at radius 2 is 1.83 bits per heavy atom. The zero-order valence-electron chi connectivity index (χ0n) is 13.8. The van der Waals surface area contributed by atoms with Crippen molar-refractivity contribution >= 4 is 29.4 Å². The number of carbonyl (C=O) groups excluding carboxylic acids is 1. The fraction of sp³-hybridized carbons (Fsp3) is 0.316. The normalized spacial score (nSPS) is 11.9. The van der Waals surface area contributed by atoms with Gasteiger partial charge < -0.3 is 10.4 Å². The summed E-state index contributed by atoms with van der Waals surface area (Å²) in [4.78, 5) is 13.0. The van der Waals surface area contributed by atoms with E-state index in [2.05, 4.69) is 36.5 Å². The van der Waals surface area contributed by atoms with Gasteiger partial charge in [-0.05, 0) is 24.6 Å². The third kappa shape index (κ3) is 6.99. The topological polar surface area (TPSA) is 49.3 Å². The number of rotatable bonds is 9. The molecule has 0 aromatic heterocycles. The molecule has 2 aromatic carbocycles. The van der Waals surface area contributed by atoms with Gasteiger partial charge in [0, 0.05) is 22.9 Å². The first kappa shape index (κ1) is 18.9. The monoisotopic (exact) mass is 361 g/mol. The van der Waals surface area contributed by atoms with E-state index < -0.39 is 6.10 Å². The molecule has 0 heterocycles. The summed E-state index contributed by atoms with van der Waals surface area (Å²) in [5.74, 6) is 1.77. The van der Waals surface area contributed by atoms with Gasteiger partial charge >= 0.3 is 0 Å². The van der Waals surface area contributed by atoms with Gasteiger partial charge in [0.05, 0.1) is 11.9 Å². The number of thioether (sulfide) groups is 2. The molecule has 1 amide bonds. The smallest absolute Gasteiger partial charge is 0.230 e. The lowest BCUT2D eigenvalue weighted by atomic mass is 10.1. The summed E-state index contributed by atoms with van der Waals surface area (Å²) < 4.78 is 0. The van der Waals surface area contributed by atoms with Crippen molar-refractivity contribution in [2.24, 2.45) is 0 Å². The van der Waals surface area contributed by atoms with Gasteiger partial charge in [-0.2, -0.15) is 0 Å². The van der Waals surface area contributed by atoms with E-state index in [1.54, 1.807) is 11.8 Å². The lowest BCUT2D eigenvalue weighted by Crippen LogP contribution is -2.27. The van der Waals surface area contributed by atoms with Crippen LogP contribution in [-0.2, 0) is 4.79 Å². The molecule has 0 aliphatic carbocycles. The van der Waals surface area contributed by atoms with Gasteiger partial charge in [-0.1, -0.05) is 48.0 Å². The van der Waals surface area contributed by atoms with Gasteiger partial charge in [-0.3, -0.25) is 4.79 Å². The number of amides is 1. The number of carbonyl (C=O) groups is 1. The Kier molecular flexibility index (Phi) is 8.22. The number of aliphatic hydroxyl groups is 1. The quantitative estimate of drug-likeness (QED) is 0.528. The third-order valence-corrected chi connectivity index (χ3v) is 5.44. The molecule has 0 saturated heterocycles. The van der Waals surface area contributed by atoms with Gasteiger partial charge in [0.25, 0.3) is 0 Å². The molecular formula is C19H23NO2S2.